The topological polar surface area (TPSA) is 26.8 Å². The third kappa shape index (κ3) is 4.40. The molecule has 26 heavy (non-hydrogen) atoms. The molecule has 2 heterocycles. The van der Waals surface area contributed by atoms with Gasteiger partial charge in [-0.25, -0.2) is 0 Å². The average molecular weight is 374 g/mol. The fourth-order valence-corrected chi connectivity index (χ4v) is 4.36. The first kappa shape index (κ1) is 19.2. The van der Waals surface area contributed by atoms with Crippen molar-refractivity contribution in [1.82, 2.24) is 14.7 Å². The zero-order chi connectivity index (χ0) is 18.5. The molecule has 0 N–H and O–H groups in total. The lowest BCUT2D eigenvalue weighted by Crippen LogP contribution is -2.52. The smallest absolute Gasteiger partial charge is 0.225 e. The third-order valence-electron chi connectivity index (χ3n) is 5.78. The largest absolute Gasteiger partial charge is 0.340 e. The minimum Gasteiger partial charge on any atom is -0.340 e. The van der Waals surface area contributed by atoms with Crippen molar-refractivity contribution in [3.8, 4) is 12.3 Å². The molecule has 1 amide bonds. The molecular formula is C21H28ClN3O. The summed E-state index contributed by atoms with van der Waals surface area (Å²) in [4.78, 5) is 19.6. The van der Waals surface area contributed by atoms with Gasteiger partial charge in [-0.05, 0) is 44.5 Å². The molecule has 0 aromatic heterocycles. The van der Waals surface area contributed by atoms with Gasteiger partial charge in [0.05, 0.1) is 6.54 Å². The molecule has 4 nitrogen and oxygen atoms in total. The first-order valence-corrected chi connectivity index (χ1v) is 9.91. The standard InChI is InChI=1S/C21H28ClN3O/c1-3-10-23-11-8-18(9-12-23)21(26)25-15-13-24(14-16-25)17(2)19-6-4-5-7-20(19)22/h1,4-7,17-18H,8-16H2,2H3/t17-/m1/s1. The number of piperidine rings is 1. The Hall–Kier alpha value is -1.54. The average Bonchev–Trinajstić information content (AvgIpc) is 2.68. The number of carbonyl (C=O) groups is 1. The summed E-state index contributed by atoms with van der Waals surface area (Å²) < 4.78 is 0. The van der Waals surface area contributed by atoms with Gasteiger partial charge in [0.1, 0.15) is 0 Å². The van der Waals surface area contributed by atoms with Gasteiger partial charge in [-0.1, -0.05) is 35.7 Å². The molecule has 2 aliphatic rings. The molecule has 0 unspecified atom stereocenters. The Morgan fingerprint density at radius 1 is 1.19 bits per heavy atom. The first-order chi connectivity index (χ1) is 12.6. The van der Waals surface area contributed by atoms with E-state index in [9.17, 15) is 4.79 Å². The van der Waals surface area contributed by atoms with Crippen LogP contribution in [-0.2, 0) is 4.79 Å². The highest BCUT2D eigenvalue weighted by molar-refractivity contribution is 6.31. The van der Waals surface area contributed by atoms with Crippen LogP contribution in [0.15, 0.2) is 24.3 Å². The molecule has 0 saturated carbocycles. The number of hydrogen-bond donors (Lipinski definition) is 0. The number of hydrogen-bond acceptors (Lipinski definition) is 3. The Morgan fingerprint density at radius 3 is 2.46 bits per heavy atom. The summed E-state index contributed by atoms with van der Waals surface area (Å²) in [6.45, 7) is 8.16. The molecule has 2 fully saturated rings. The molecular weight excluding hydrogens is 346 g/mol. The number of halogens is 1. The summed E-state index contributed by atoms with van der Waals surface area (Å²) in [5, 5.41) is 0.817. The first-order valence-electron chi connectivity index (χ1n) is 9.53. The molecule has 3 rings (SSSR count). The van der Waals surface area contributed by atoms with Crippen LogP contribution in [0.25, 0.3) is 0 Å². The Balaban J connectivity index is 1.50. The maximum absolute atomic E-state index is 12.8. The van der Waals surface area contributed by atoms with Gasteiger partial charge in [-0.15, -0.1) is 6.42 Å². The lowest BCUT2D eigenvalue weighted by Gasteiger charge is -2.40. The van der Waals surface area contributed by atoms with Gasteiger partial charge < -0.3 is 4.90 Å². The van der Waals surface area contributed by atoms with Crippen LogP contribution in [0.1, 0.15) is 31.4 Å². The second-order valence-electron chi connectivity index (χ2n) is 7.31. The predicted molar refractivity (Wildman–Crippen MR) is 106 cm³/mol. The van der Waals surface area contributed by atoms with Crippen molar-refractivity contribution < 1.29 is 4.79 Å². The Morgan fingerprint density at radius 2 is 1.85 bits per heavy atom. The summed E-state index contributed by atoms with van der Waals surface area (Å²) in [5.74, 6) is 3.19. The van der Waals surface area contributed by atoms with Crippen molar-refractivity contribution >= 4 is 17.5 Å². The van der Waals surface area contributed by atoms with Crippen LogP contribution in [0, 0.1) is 18.3 Å². The molecule has 0 radical (unpaired) electrons. The number of rotatable bonds is 4. The van der Waals surface area contributed by atoms with Crippen LogP contribution >= 0.6 is 11.6 Å². The second-order valence-corrected chi connectivity index (χ2v) is 7.72. The minimum atomic E-state index is 0.163. The van der Waals surface area contributed by atoms with Gasteiger partial charge in [0, 0.05) is 43.2 Å². The van der Waals surface area contributed by atoms with E-state index in [0.717, 1.165) is 62.7 Å². The number of terminal acetylenes is 1. The van der Waals surface area contributed by atoms with Crippen molar-refractivity contribution in [3.05, 3.63) is 34.9 Å². The molecule has 0 spiro atoms. The van der Waals surface area contributed by atoms with Gasteiger partial charge >= 0.3 is 0 Å². The van der Waals surface area contributed by atoms with Crippen LogP contribution in [0.3, 0.4) is 0 Å². The number of amides is 1. The quantitative estimate of drug-likeness (QED) is 0.759. The van der Waals surface area contributed by atoms with E-state index in [4.69, 9.17) is 18.0 Å². The number of carbonyl (C=O) groups excluding carboxylic acids is 1. The van der Waals surface area contributed by atoms with Crippen LogP contribution in [0.2, 0.25) is 5.02 Å². The molecule has 0 aliphatic carbocycles. The highest BCUT2D eigenvalue weighted by atomic mass is 35.5. The van der Waals surface area contributed by atoms with E-state index in [2.05, 4.69) is 33.6 Å². The number of piperazine rings is 1. The van der Waals surface area contributed by atoms with Crippen molar-refractivity contribution in [2.24, 2.45) is 5.92 Å². The minimum absolute atomic E-state index is 0.163. The zero-order valence-corrected chi connectivity index (χ0v) is 16.3. The maximum Gasteiger partial charge on any atom is 0.225 e. The van der Waals surface area contributed by atoms with Crippen molar-refractivity contribution in [1.29, 1.82) is 0 Å². The van der Waals surface area contributed by atoms with Gasteiger partial charge in [0.25, 0.3) is 0 Å². The van der Waals surface area contributed by atoms with Crippen LogP contribution in [-0.4, -0.2) is 66.4 Å². The number of nitrogens with zero attached hydrogens (tertiary/aromatic N) is 3. The normalized spacial score (nSPS) is 21.3. The molecule has 1 aromatic carbocycles. The van der Waals surface area contributed by atoms with Crippen LogP contribution in [0.5, 0.6) is 0 Å². The van der Waals surface area contributed by atoms with E-state index in [1.165, 1.54) is 0 Å². The van der Waals surface area contributed by atoms with Gasteiger partial charge in [0.2, 0.25) is 5.91 Å². The highest BCUT2D eigenvalue weighted by Crippen LogP contribution is 2.28. The van der Waals surface area contributed by atoms with E-state index in [-0.39, 0.29) is 12.0 Å². The number of likely N-dealkylation sites (tertiary alicyclic amines) is 1. The summed E-state index contributed by atoms with van der Waals surface area (Å²) in [6.07, 6.45) is 7.23. The van der Waals surface area contributed by atoms with Crippen molar-refractivity contribution in [3.63, 3.8) is 0 Å². The SMILES string of the molecule is C#CCN1CCC(C(=O)N2CCN([C@H](C)c3ccccc3Cl)CC2)CC1. The monoisotopic (exact) mass is 373 g/mol. The fraction of sp³-hybridized carbons (Fsp3) is 0.571. The number of benzene rings is 1. The molecule has 2 saturated heterocycles. The molecule has 140 valence electrons. The third-order valence-corrected chi connectivity index (χ3v) is 6.12. The molecule has 1 aromatic rings. The molecule has 5 heteroatoms. The van der Waals surface area contributed by atoms with Crippen LogP contribution in [0.4, 0.5) is 0 Å². The van der Waals surface area contributed by atoms with Crippen LogP contribution < -0.4 is 0 Å². The summed E-state index contributed by atoms with van der Waals surface area (Å²) in [5.41, 5.74) is 1.16. The fourth-order valence-electron chi connectivity index (χ4n) is 4.07. The lowest BCUT2D eigenvalue weighted by atomic mass is 9.95. The summed E-state index contributed by atoms with van der Waals surface area (Å²) in [6, 6.07) is 8.30. The Bertz CT molecular complexity index is 655. The van der Waals surface area contributed by atoms with E-state index >= 15 is 0 Å². The summed E-state index contributed by atoms with van der Waals surface area (Å²) >= 11 is 6.35. The van der Waals surface area contributed by atoms with E-state index in [0.29, 0.717) is 12.5 Å². The molecule has 2 aliphatic heterocycles. The zero-order valence-electron chi connectivity index (χ0n) is 15.5. The second kappa shape index (κ2) is 8.90. The lowest BCUT2D eigenvalue weighted by molar-refractivity contribution is -0.139. The Kier molecular flexibility index (Phi) is 6.58. The predicted octanol–water partition coefficient (Wildman–Crippen LogP) is 2.89. The van der Waals surface area contributed by atoms with Crippen molar-refractivity contribution in [2.75, 3.05) is 45.8 Å². The van der Waals surface area contributed by atoms with E-state index < -0.39 is 0 Å². The van der Waals surface area contributed by atoms with Gasteiger partial charge in [-0.3, -0.25) is 14.6 Å². The highest BCUT2D eigenvalue weighted by Gasteiger charge is 2.31. The maximum atomic E-state index is 12.8. The molecule has 1 atom stereocenters. The van der Waals surface area contributed by atoms with Gasteiger partial charge in [-0.2, -0.15) is 0 Å². The van der Waals surface area contributed by atoms with Crippen molar-refractivity contribution in [2.45, 2.75) is 25.8 Å². The Labute approximate surface area is 162 Å². The van der Waals surface area contributed by atoms with Gasteiger partial charge in [0.15, 0.2) is 0 Å². The molecule has 0 bridgehead atoms. The van der Waals surface area contributed by atoms with E-state index in [1.54, 1.807) is 0 Å². The van der Waals surface area contributed by atoms with E-state index in [1.807, 2.05) is 18.2 Å². The summed E-state index contributed by atoms with van der Waals surface area (Å²) in [7, 11) is 0.